The second kappa shape index (κ2) is 7.60. The van der Waals surface area contributed by atoms with Crippen LogP contribution in [0.4, 0.5) is 0 Å². The summed E-state index contributed by atoms with van der Waals surface area (Å²) >= 11 is 0. The first-order chi connectivity index (χ1) is 9.12. The number of rotatable bonds is 8. The molecule has 6 nitrogen and oxygen atoms in total. The number of benzene rings is 1. The van der Waals surface area contributed by atoms with Crippen LogP contribution < -0.4 is 14.8 Å². The van der Waals surface area contributed by atoms with Gasteiger partial charge in [-0.3, -0.25) is 10.1 Å². The lowest BCUT2D eigenvalue weighted by atomic mass is 10.1. The van der Waals surface area contributed by atoms with Crippen LogP contribution in [0.5, 0.6) is 11.5 Å². The number of aliphatic carboxylic acids is 1. The van der Waals surface area contributed by atoms with Gasteiger partial charge in [0.25, 0.3) is 0 Å². The van der Waals surface area contributed by atoms with Gasteiger partial charge in [-0.1, -0.05) is 0 Å². The number of hydrogen-bond acceptors (Lipinski definition) is 5. The summed E-state index contributed by atoms with van der Waals surface area (Å²) in [6, 6.07) is 4.19. The number of hydrogen-bond donors (Lipinski definition) is 2. The minimum absolute atomic E-state index is 0.435. The van der Waals surface area contributed by atoms with Crippen molar-refractivity contribution in [1.29, 1.82) is 0 Å². The molecular weight excluding hydrogens is 250 g/mol. The van der Waals surface area contributed by atoms with Crippen LogP contribution >= 0.6 is 0 Å². The molecular formula is C13H19NO5. The van der Waals surface area contributed by atoms with E-state index >= 15 is 0 Å². The molecule has 2 N–H and O–H groups in total. The third-order valence-electron chi connectivity index (χ3n) is 2.61. The molecule has 0 aliphatic heterocycles. The minimum atomic E-state index is -0.966. The van der Waals surface area contributed by atoms with Crippen molar-refractivity contribution < 1.29 is 24.1 Å². The van der Waals surface area contributed by atoms with Gasteiger partial charge in [-0.2, -0.15) is 0 Å². The Hall–Kier alpha value is -1.79. The average Bonchev–Trinajstić information content (AvgIpc) is 2.42. The Morgan fingerprint density at radius 3 is 2.21 bits per heavy atom. The Morgan fingerprint density at radius 2 is 1.79 bits per heavy atom. The molecule has 1 atom stereocenters. The molecule has 0 fully saturated rings. The van der Waals surface area contributed by atoms with Gasteiger partial charge in [-0.15, -0.1) is 0 Å². The van der Waals surface area contributed by atoms with E-state index in [1.165, 1.54) is 14.2 Å². The summed E-state index contributed by atoms with van der Waals surface area (Å²) in [7, 11) is 4.60. The number of carboxylic acids is 1. The standard InChI is InChI=1S/C13H19NO5/c1-17-5-4-14-12(13(15)16)9-6-10(18-2)8-11(7-9)19-3/h6-8,12,14H,4-5H2,1-3H3,(H,15,16). The number of methoxy groups -OCH3 is 3. The van der Waals surface area contributed by atoms with Crippen LogP contribution in [0.25, 0.3) is 0 Å². The molecule has 19 heavy (non-hydrogen) atoms. The van der Waals surface area contributed by atoms with Crippen molar-refractivity contribution in [3.05, 3.63) is 23.8 Å². The van der Waals surface area contributed by atoms with Crippen molar-refractivity contribution in [3.63, 3.8) is 0 Å². The van der Waals surface area contributed by atoms with E-state index in [9.17, 15) is 9.90 Å². The maximum Gasteiger partial charge on any atom is 0.325 e. The van der Waals surface area contributed by atoms with Gasteiger partial charge in [0, 0.05) is 19.7 Å². The molecule has 0 radical (unpaired) electrons. The van der Waals surface area contributed by atoms with Gasteiger partial charge in [0.05, 0.1) is 20.8 Å². The van der Waals surface area contributed by atoms with Gasteiger partial charge < -0.3 is 19.3 Å². The van der Waals surface area contributed by atoms with Gasteiger partial charge >= 0.3 is 5.97 Å². The monoisotopic (exact) mass is 269 g/mol. The Balaban J connectivity index is 2.97. The summed E-state index contributed by atoms with van der Waals surface area (Å²) in [6.07, 6.45) is 0. The normalized spacial score (nSPS) is 11.9. The van der Waals surface area contributed by atoms with Crippen LogP contribution in [0.1, 0.15) is 11.6 Å². The van der Waals surface area contributed by atoms with E-state index in [0.29, 0.717) is 30.2 Å². The largest absolute Gasteiger partial charge is 0.497 e. The maximum atomic E-state index is 11.3. The van der Waals surface area contributed by atoms with E-state index < -0.39 is 12.0 Å². The number of ether oxygens (including phenoxy) is 3. The first-order valence-electron chi connectivity index (χ1n) is 5.80. The first kappa shape index (κ1) is 15.3. The van der Waals surface area contributed by atoms with Crippen molar-refractivity contribution in [2.75, 3.05) is 34.5 Å². The van der Waals surface area contributed by atoms with Crippen molar-refractivity contribution in [3.8, 4) is 11.5 Å². The van der Waals surface area contributed by atoms with E-state index in [4.69, 9.17) is 14.2 Å². The summed E-state index contributed by atoms with van der Waals surface area (Å²) in [5, 5.41) is 12.2. The first-order valence-corrected chi connectivity index (χ1v) is 5.80. The van der Waals surface area contributed by atoms with Gasteiger partial charge in [0.15, 0.2) is 0 Å². The molecule has 0 heterocycles. The molecule has 0 aliphatic rings. The Labute approximate surface area is 112 Å². The molecule has 106 valence electrons. The van der Waals surface area contributed by atoms with Gasteiger partial charge in [0.1, 0.15) is 17.5 Å². The maximum absolute atomic E-state index is 11.3. The second-order valence-electron chi connectivity index (χ2n) is 3.86. The van der Waals surface area contributed by atoms with Gasteiger partial charge in [-0.05, 0) is 17.7 Å². The lowest BCUT2D eigenvalue weighted by molar-refractivity contribution is -0.139. The van der Waals surface area contributed by atoms with Crippen molar-refractivity contribution in [2.45, 2.75) is 6.04 Å². The number of nitrogens with one attached hydrogen (secondary N) is 1. The highest BCUT2D eigenvalue weighted by Gasteiger charge is 2.20. The highest BCUT2D eigenvalue weighted by molar-refractivity contribution is 5.76. The predicted molar refractivity (Wildman–Crippen MR) is 69.8 cm³/mol. The smallest absolute Gasteiger partial charge is 0.325 e. The summed E-state index contributed by atoms with van der Waals surface area (Å²) in [4.78, 5) is 11.3. The fourth-order valence-electron chi connectivity index (χ4n) is 1.65. The third-order valence-corrected chi connectivity index (χ3v) is 2.61. The quantitative estimate of drug-likeness (QED) is 0.687. The minimum Gasteiger partial charge on any atom is -0.497 e. The highest BCUT2D eigenvalue weighted by Crippen LogP contribution is 2.26. The summed E-state index contributed by atoms with van der Waals surface area (Å²) in [5.41, 5.74) is 0.569. The van der Waals surface area contributed by atoms with Crippen LogP contribution in [-0.2, 0) is 9.53 Å². The van der Waals surface area contributed by atoms with Crippen molar-refractivity contribution in [1.82, 2.24) is 5.32 Å². The molecule has 0 aliphatic carbocycles. The topological polar surface area (TPSA) is 77.0 Å². The highest BCUT2D eigenvalue weighted by atomic mass is 16.5. The summed E-state index contributed by atoms with van der Waals surface area (Å²) < 4.78 is 15.1. The van der Waals surface area contributed by atoms with Crippen molar-refractivity contribution in [2.24, 2.45) is 0 Å². The lowest BCUT2D eigenvalue weighted by Gasteiger charge is -2.16. The fraction of sp³-hybridized carbons (Fsp3) is 0.462. The van der Waals surface area contributed by atoms with E-state index in [2.05, 4.69) is 5.32 Å². The zero-order valence-electron chi connectivity index (χ0n) is 11.3. The molecule has 0 saturated heterocycles. The fourth-order valence-corrected chi connectivity index (χ4v) is 1.65. The second-order valence-corrected chi connectivity index (χ2v) is 3.86. The van der Waals surface area contributed by atoms with E-state index in [1.54, 1.807) is 25.3 Å². The Kier molecular flexibility index (Phi) is 6.11. The molecule has 0 aromatic heterocycles. The van der Waals surface area contributed by atoms with E-state index in [-0.39, 0.29) is 0 Å². The van der Waals surface area contributed by atoms with Crippen LogP contribution in [0.3, 0.4) is 0 Å². The van der Waals surface area contributed by atoms with Crippen LogP contribution in [0.15, 0.2) is 18.2 Å². The molecule has 1 aromatic rings. The molecule has 1 rings (SSSR count). The van der Waals surface area contributed by atoms with Crippen LogP contribution in [-0.4, -0.2) is 45.6 Å². The molecule has 1 unspecified atom stereocenters. The predicted octanol–water partition coefficient (Wildman–Crippen LogP) is 1.07. The zero-order valence-corrected chi connectivity index (χ0v) is 11.3. The van der Waals surface area contributed by atoms with Crippen molar-refractivity contribution >= 4 is 5.97 Å². The van der Waals surface area contributed by atoms with Crippen LogP contribution in [0, 0.1) is 0 Å². The summed E-state index contributed by atoms with van der Waals surface area (Å²) in [6.45, 7) is 0.873. The summed E-state index contributed by atoms with van der Waals surface area (Å²) in [5.74, 6) is 0.134. The Bertz CT molecular complexity index is 399. The zero-order chi connectivity index (χ0) is 14.3. The number of carbonyl (C=O) groups is 1. The average molecular weight is 269 g/mol. The van der Waals surface area contributed by atoms with Crippen LogP contribution in [0.2, 0.25) is 0 Å². The van der Waals surface area contributed by atoms with E-state index in [0.717, 1.165) is 0 Å². The number of carboxylic acid groups (broad SMARTS) is 1. The SMILES string of the molecule is COCCNC(C(=O)O)c1cc(OC)cc(OC)c1. The van der Waals surface area contributed by atoms with Gasteiger partial charge in [-0.25, -0.2) is 0 Å². The third kappa shape index (κ3) is 4.42. The molecule has 0 bridgehead atoms. The Morgan fingerprint density at radius 1 is 1.21 bits per heavy atom. The molecule has 0 spiro atoms. The molecule has 1 aromatic carbocycles. The molecule has 0 amide bonds. The molecule has 0 saturated carbocycles. The van der Waals surface area contributed by atoms with E-state index in [1.807, 2.05) is 0 Å². The van der Waals surface area contributed by atoms with Gasteiger partial charge in [0.2, 0.25) is 0 Å². The lowest BCUT2D eigenvalue weighted by Crippen LogP contribution is -2.31. The molecule has 6 heteroatoms.